The molecule has 1 aliphatic heterocycles. The molecule has 4 rings (SSSR count). The van der Waals surface area contributed by atoms with Crippen LogP contribution in [0.3, 0.4) is 0 Å². The van der Waals surface area contributed by atoms with Gasteiger partial charge in [0, 0.05) is 38.1 Å². The van der Waals surface area contributed by atoms with Gasteiger partial charge in [-0.25, -0.2) is 17.8 Å². The molecule has 1 aliphatic rings. The van der Waals surface area contributed by atoms with E-state index >= 15 is 0 Å². The van der Waals surface area contributed by atoms with Crippen LogP contribution in [0.15, 0.2) is 65.8 Å². The van der Waals surface area contributed by atoms with E-state index in [-0.39, 0.29) is 10.8 Å². The highest BCUT2D eigenvalue weighted by Crippen LogP contribution is 2.26. The predicted molar refractivity (Wildman–Crippen MR) is 110 cm³/mol. The molecule has 2 aromatic carbocycles. The van der Waals surface area contributed by atoms with Gasteiger partial charge >= 0.3 is 0 Å². The fourth-order valence-corrected chi connectivity index (χ4v) is 4.74. The summed E-state index contributed by atoms with van der Waals surface area (Å²) in [6, 6.07) is 11.0. The third-order valence-corrected chi connectivity index (χ3v) is 6.54. The normalized spacial score (nSPS) is 15.5. The van der Waals surface area contributed by atoms with Crippen molar-refractivity contribution in [3.05, 3.63) is 78.1 Å². The van der Waals surface area contributed by atoms with Crippen LogP contribution >= 0.6 is 0 Å². The standard InChI is InChI=1S/C21H21FN4O3S/c1-25-13-11-23-21(25)20(15-4-2-5-16(22)14-15)24-30(28,29)18-9-7-17(8-10-18)26-12-3-6-19(26)27/h2,4-5,7-11,13-14,20,24H,3,6,12H2,1H3. The Morgan fingerprint density at radius 2 is 1.93 bits per heavy atom. The van der Waals surface area contributed by atoms with Crippen LogP contribution in [0.2, 0.25) is 0 Å². The first-order chi connectivity index (χ1) is 14.3. The van der Waals surface area contributed by atoms with Gasteiger partial charge in [-0.15, -0.1) is 0 Å². The first-order valence-corrected chi connectivity index (χ1v) is 11.0. The largest absolute Gasteiger partial charge is 0.336 e. The first kappa shape index (κ1) is 20.2. The highest BCUT2D eigenvalue weighted by atomic mass is 32.2. The lowest BCUT2D eigenvalue weighted by molar-refractivity contribution is -0.117. The Balaban J connectivity index is 1.65. The number of aryl methyl sites for hydroxylation is 1. The minimum absolute atomic E-state index is 0.0321. The van der Waals surface area contributed by atoms with Crippen LogP contribution in [-0.4, -0.2) is 30.4 Å². The SMILES string of the molecule is Cn1ccnc1C(NS(=O)(=O)c1ccc(N2CCCC2=O)cc1)c1cccc(F)c1. The smallest absolute Gasteiger partial charge is 0.241 e. The second kappa shape index (κ2) is 8.00. The van der Waals surface area contributed by atoms with Crippen molar-refractivity contribution in [3.8, 4) is 0 Å². The third-order valence-electron chi connectivity index (χ3n) is 5.10. The number of nitrogens with one attached hydrogen (secondary N) is 1. The van der Waals surface area contributed by atoms with Crippen molar-refractivity contribution in [1.29, 1.82) is 0 Å². The molecule has 0 bridgehead atoms. The summed E-state index contributed by atoms with van der Waals surface area (Å²) in [6.07, 6.45) is 4.54. The third kappa shape index (κ3) is 3.99. The lowest BCUT2D eigenvalue weighted by atomic mass is 10.1. The number of anilines is 1. The molecule has 1 N–H and O–H groups in total. The second-order valence-electron chi connectivity index (χ2n) is 7.15. The van der Waals surface area contributed by atoms with Gasteiger partial charge in [0.25, 0.3) is 0 Å². The number of carbonyl (C=O) groups is 1. The van der Waals surface area contributed by atoms with Crippen molar-refractivity contribution in [2.24, 2.45) is 7.05 Å². The molecule has 0 radical (unpaired) electrons. The minimum Gasteiger partial charge on any atom is -0.336 e. The van der Waals surface area contributed by atoms with Crippen LogP contribution in [0.25, 0.3) is 0 Å². The lowest BCUT2D eigenvalue weighted by Crippen LogP contribution is -2.31. The summed E-state index contributed by atoms with van der Waals surface area (Å²) in [4.78, 5) is 17.8. The molecule has 7 nitrogen and oxygen atoms in total. The van der Waals surface area contributed by atoms with E-state index in [1.165, 1.54) is 30.3 Å². The number of halogens is 1. The molecule has 1 amide bonds. The molecule has 2 heterocycles. The van der Waals surface area contributed by atoms with Crippen LogP contribution < -0.4 is 9.62 Å². The maximum atomic E-state index is 13.8. The molecule has 1 fully saturated rings. The summed E-state index contributed by atoms with van der Waals surface area (Å²) in [5.74, 6) is -0.00122. The number of benzene rings is 2. The van der Waals surface area contributed by atoms with Gasteiger partial charge in [-0.2, -0.15) is 4.72 Å². The van der Waals surface area contributed by atoms with E-state index in [9.17, 15) is 17.6 Å². The minimum atomic E-state index is -3.95. The molecular formula is C21H21FN4O3S. The summed E-state index contributed by atoms with van der Waals surface area (Å²) in [6.45, 7) is 0.629. The summed E-state index contributed by atoms with van der Waals surface area (Å²) in [7, 11) is -2.21. The lowest BCUT2D eigenvalue weighted by Gasteiger charge is -2.20. The Bertz CT molecular complexity index is 1170. The molecule has 1 atom stereocenters. The number of rotatable bonds is 6. The highest BCUT2D eigenvalue weighted by Gasteiger charge is 2.27. The monoisotopic (exact) mass is 428 g/mol. The molecule has 0 aliphatic carbocycles. The van der Waals surface area contributed by atoms with Crippen molar-refractivity contribution in [2.45, 2.75) is 23.8 Å². The van der Waals surface area contributed by atoms with Gasteiger partial charge in [-0.05, 0) is 48.4 Å². The van der Waals surface area contributed by atoms with Crippen molar-refractivity contribution in [2.75, 3.05) is 11.4 Å². The van der Waals surface area contributed by atoms with E-state index in [0.717, 1.165) is 6.42 Å². The fraction of sp³-hybridized carbons (Fsp3) is 0.238. The van der Waals surface area contributed by atoms with E-state index < -0.39 is 21.9 Å². The number of imidazole rings is 1. The number of hydrogen-bond acceptors (Lipinski definition) is 4. The molecule has 0 spiro atoms. The quantitative estimate of drug-likeness (QED) is 0.654. The van der Waals surface area contributed by atoms with Crippen LogP contribution in [0, 0.1) is 5.82 Å². The van der Waals surface area contributed by atoms with Gasteiger partial charge < -0.3 is 9.47 Å². The molecule has 1 saturated heterocycles. The number of hydrogen-bond donors (Lipinski definition) is 1. The number of sulfonamides is 1. The number of nitrogens with zero attached hydrogens (tertiary/aromatic N) is 3. The van der Waals surface area contributed by atoms with Crippen LogP contribution in [0.1, 0.15) is 30.3 Å². The molecule has 30 heavy (non-hydrogen) atoms. The Kier molecular flexibility index (Phi) is 5.40. The zero-order valence-corrected chi connectivity index (χ0v) is 17.1. The van der Waals surface area contributed by atoms with Crippen LogP contribution in [0.4, 0.5) is 10.1 Å². The van der Waals surface area contributed by atoms with Crippen LogP contribution in [0.5, 0.6) is 0 Å². The first-order valence-electron chi connectivity index (χ1n) is 9.50. The zero-order chi connectivity index (χ0) is 21.3. The van der Waals surface area contributed by atoms with Crippen LogP contribution in [-0.2, 0) is 21.9 Å². The topological polar surface area (TPSA) is 84.3 Å². The predicted octanol–water partition coefficient (Wildman–Crippen LogP) is 2.75. The Morgan fingerprint density at radius 1 is 1.17 bits per heavy atom. The summed E-state index contributed by atoms with van der Waals surface area (Å²) < 4.78 is 44.3. The maximum Gasteiger partial charge on any atom is 0.241 e. The molecule has 9 heteroatoms. The number of amides is 1. The summed E-state index contributed by atoms with van der Waals surface area (Å²) in [5.41, 5.74) is 1.11. The summed E-state index contributed by atoms with van der Waals surface area (Å²) >= 11 is 0. The van der Waals surface area contributed by atoms with Gasteiger partial charge in [0.1, 0.15) is 17.7 Å². The Labute approximate surface area is 174 Å². The molecule has 156 valence electrons. The average molecular weight is 428 g/mol. The maximum absolute atomic E-state index is 13.8. The molecule has 1 unspecified atom stereocenters. The van der Waals surface area contributed by atoms with E-state index in [0.29, 0.717) is 30.0 Å². The molecule has 1 aromatic heterocycles. The number of carbonyl (C=O) groups excluding carboxylic acids is 1. The Morgan fingerprint density at radius 3 is 2.53 bits per heavy atom. The highest BCUT2D eigenvalue weighted by molar-refractivity contribution is 7.89. The van der Waals surface area contributed by atoms with Gasteiger partial charge in [0.2, 0.25) is 15.9 Å². The number of aromatic nitrogens is 2. The van der Waals surface area contributed by atoms with E-state index in [1.54, 1.807) is 47.1 Å². The van der Waals surface area contributed by atoms with E-state index in [2.05, 4.69) is 9.71 Å². The van der Waals surface area contributed by atoms with Gasteiger partial charge in [-0.3, -0.25) is 4.79 Å². The van der Waals surface area contributed by atoms with E-state index in [4.69, 9.17) is 0 Å². The van der Waals surface area contributed by atoms with Gasteiger partial charge in [0.15, 0.2) is 0 Å². The second-order valence-corrected chi connectivity index (χ2v) is 8.86. The molecule has 0 saturated carbocycles. The average Bonchev–Trinajstić information content (AvgIpc) is 3.34. The van der Waals surface area contributed by atoms with Crippen molar-refractivity contribution in [3.63, 3.8) is 0 Å². The van der Waals surface area contributed by atoms with E-state index in [1.807, 2.05) is 0 Å². The van der Waals surface area contributed by atoms with Gasteiger partial charge in [-0.1, -0.05) is 12.1 Å². The van der Waals surface area contributed by atoms with Crippen molar-refractivity contribution >= 4 is 21.6 Å². The Hall–Kier alpha value is -3.04. The van der Waals surface area contributed by atoms with Gasteiger partial charge in [0.05, 0.1) is 4.90 Å². The molecule has 3 aromatic rings. The summed E-state index contributed by atoms with van der Waals surface area (Å²) in [5, 5.41) is 0. The van der Waals surface area contributed by atoms with Crippen molar-refractivity contribution < 1.29 is 17.6 Å². The van der Waals surface area contributed by atoms with Crippen molar-refractivity contribution in [1.82, 2.24) is 14.3 Å². The fourth-order valence-electron chi connectivity index (χ4n) is 3.56. The molecular weight excluding hydrogens is 407 g/mol. The zero-order valence-electron chi connectivity index (χ0n) is 16.3.